The number of hydrogen-bond acceptors (Lipinski definition) is 4. The van der Waals surface area contributed by atoms with E-state index in [4.69, 9.17) is 14.3 Å². The molecule has 1 aliphatic rings. The van der Waals surface area contributed by atoms with Gasteiger partial charge in [-0.2, -0.15) is 0 Å². The van der Waals surface area contributed by atoms with E-state index in [-0.39, 0.29) is 17.3 Å². The molecule has 0 bridgehead atoms. The van der Waals surface area contributed by atoms with Crippen molar-refractivity contribution in [2.45, 2.75) is 51.6 Å². The normalized spacial score (nSPS) is 20.9. The number of oxazole rings is 1. The van der Waals surface area contributed by atoms with Crippen LogP contribution in [0.3, 0.4) is 0 Å². The molecule has 5 heteroatoms. The van der Waals surface area contributed by atoms with Crippen LogP contribution in [0.5, 0.6) is 0 Å². The summed E-state index contributed by atoms with van der Waals surface area (Å²) >= 11 is 0. The van der Waals surface area contributed by atoms with E-state index in [1.807, 2.05) is 20.8 Å². The number of ether oxygens (including phenoxy) is 1. The number of nitrogens with zero attached hydrogens (tertiary/aromatic N) is 1. The van der Waals surface area contributed by atoms with E-state index in [0.29, 0.717) is 18.2 Å². The van der Waals surface area contributed by atoms with Crippen molar-refractivity contribution in [3.8, 4) is 0 Å². The first-order valence-electron chi connectivity index (χ1n) is 6.25. The second-order valence-corrected chi connectivity index (χ2v) is 5.64. The van der Waals surface area contributed by atoms with Crippen molar-refractivity contribution in [1.29, 1.82) is 0 Å². The number of aromatic carboxylic acids is 1. The number of hydrogen-bond donors (Lipinski definition) is 1. The summed E-state index contributed by atoms with van der Waals surface area (Å²) in [4.78, 5) is 15.5. The zero-order valence-corrected chi connectivity index (χ0v) is 11.0. The molecule has 100 valence electrons. The molecule has 0 aromatic carbocycles. The van der Waals surface area contributed by atoms with Crippen molar-refractivity contribution in [3.63, 3.8) is 0 Å². The lowest BCUT2D eigenvalue weighted by Gasteiger charge is -2.19. The maximum absolute atomic E-state index is 11.2. The molecule has 1 saturated heterocycles. The van der Waals surface area contributed by atoms with Gasteiger partial charge in [-0.3, -0.25) is 0 Å². The molecule has 0 radical (unpaired) electrons. The lowest BCUT2D eigenvalue weighted by atomic mass is 9.91. The summed E-state index contributed by atoms with van der Waals surface area (Å²) in [5, 5.41) is 9.17. The summed E-state index contributed by atoms with van der Waals surface area (Å²) in [7, 11) is 0. The van der Waals surface area contributed by atoms with E-state index < -0.39 is 5.97 Å². The minimum atomic E-state index is -1.07. The predicted octanol–water partition coefficient (Wildman–Crippen LogP) is 2.91. The number of carboxylic acid groups (broad SMARTS) is 1. The van der Waals surface area contributed by atoms with E-state index in [9.17, 15) is 4.79 Å². The van der Waals surface area contributed by atoms with Gasteiger partial charge in [-0.1, -0.05) is 20.8 Å². The van der Waals surface area contributed by atoms with E-state index in [0.717, 1.165) is 19.3 Å². The van der Waals surface area contributed by atoms with Gasteiger partial charge in [0, 0.05) is 12.0 Å². The summed E-state index contributed by atoms with van der Waals surface area (Å²) < 4.78 is 11.0. The molecule has 1 aliphatic heterocycles. The number of aromatic nitrogens is 1. The molecule has 0 spiro atoms. The fraction of sp³-hybridized carbons (Fsp3) is 0.692. The molecule has 1 aromatic heterocycles. The number of rotatable bonds is 2. The Balaban J connectivity index is 2.35. The molecule has 0 aliphatic carbocycles. The highest BCUT2D eigenvalue weighted by Crippen LogP contribution is 2.32. The van der Waals surface area contributed by atoms with Crippen LogP contribution in [0.2, 0.25) is 0 Å². The highest BCUT2D eigenvalue weighted by atomic mass is 16.5. The largest absolute Gasteiger partial charge is 0.475 e. The second kappa shape index (κ2) is 4.72. The first-order chi connectivity index (χ1) is 8.39. The Kier molecular flexibility index (Phi) is 3.43. The topological polar surface area (TPSA) is 72.6 Å². The molecule has 1 N–H and O–H groups in total. The second-order valence-electron chi connectivity index (χ2n) is 5.64. The maximum Gasteiger partial charge on any atom is 0.373 e. The van der Waals surface area contributed by atoms with Gasteiger partial charge in [-0.25, -0.2) is 9.78 Å². The molecular weight excluding hydrogens is 234 g/mol. The first-order valence-corrected chi connectivity index (χ1v) is 6.25. The zero-order valence-electron chi connectivity index (χ0n) is 11.0. The Hall–Kier alpha value is -1.36. The lowest BCUT2D eigenvalue weighted by Crippen LogP contribution is -2.17. The molecular formula is C13H19NO4. The van der Waals surface area contributed by atoms with Crippen LogP contribution in [0.15, 0.2) is 4.42 Å². The predicted molar refractivity (Wildman–Crippen MR) is 64.7 cm³/mol. The van der Waals surface area contributed by atoms with Gasteiger partial charge in [0.2, 0.25) is 11.7 Å². The molecule has 1 aromatic rings. The number of carboxylic acids is 1. The van der Waals surface area contributed by atoms with Crippen LogP contribution in [0.4, 0.5) is 0 Å². The standard InChI is InChI=1S/C13H19NO4/c1-13(2,3)10-9(12(15)16)18-11(14-10)8-6-4-5-7-17-8/h8H,4-7H2,1-3H3,(H,15,16). The van der Waals surface area contributed by atoms with E-state index in [1.54, 1.807) is 0 Å². The van der Waals surface area contributed by atoms with Crippen molar-refractivity contribution in [2.75, 3.05) is 6.61 Å². The molecule has 0 amide bonds. The van der Waals surface area contributed by atoms with Crippen LogP contribution in [0, 0.1) is 0 Å². The molecule has 2 rings (SSSR count). The van der Waals surface area contributed by atoms with Gasteiger partial charge in [-0.15, -0.1) is 0 Å². The average Bonchev–Trinajstić information content (AvgIpc) is 2.74. The van der Waals surface area contributed by atoms with Gasteiger partial charge in [0.15, 0.2) is 0 Å². The van der Waals surface area contributed by atoms with Crippen molar-refractivity contribution < 1.29 is 19.1 Å². The third-order valence-electron chi connectivity index (χ3n) is 3.00. The Morgan fingerprint density at radius 1 is 1.39 bits per heavy atom. The van der Waals surface area contributed by atoms with Crippen LogP contribution < -0.4 is 0 Å². The van der Waals surface area contributed by atoms with Crippen LogP contribution in [0.1, 0.15) is 68.3 Å². The number of carbonyl (C=O) groups is 1. The van der Waals surface area contributed by atoms with Gasteiger partial charge in [0.05, 0.1) is 5.69 Å². The van der Waals surface area contributed by atoms with Crippen molar-refractivity contribution in [3.05, 3.63) is 17.3 Å². The highest BCUT2D eigenvalue weighted by Gasteiger charge is 2.31. The van der Waals surface area contributed by atoms with Crippen LogP contribution >= 0.6 is 0 Å². The van der Waals surface area contributed by atoms with Crippen molar-refractivity contribution in [2.24, 2.45) is 0 Å². The summed E-state index contributed by atoms with van der Waals surface area (Å²) in [5.41, 5.74) is 0.128. The monoisotopic (exact) mass is 253 g/mol. The average molecular weight is 253 g/mol. The van der Waals surface area contributed by atoms with Gasteiger partial charge >= 0.3 is 5.97 Å². The molecule has 1 unspecified atom stereocenters. The van der Waals surface area contributed by atoms with Crippen molar-refractivity contribution >= 4 is 5.97 Å². The van der Waals surface area contributed by atoms with Gasteiger partial charge in [0.1, 0.15) is 6.10 Å². The van der Waals surface area contributed by atoms with Crippen molar-refractivity contribution in [1.82, 2.24) is 4.98 Å². The third-order valence-corrected chi connectivity index (χ3v) is 3.00. The van der Waals surface area contributed by atoms with E-state index in [1.165, 1.54) is 0 Å². The van der Waals surface area contributed by atoms with Crippen LogP contribution in [-0.2, 0) is 10.2 Å². The molecule has 1 fully saturated rings. The van der Waals surface area contributed by atoms with Crippen LogP contribution in [-0.4, -0.2) is 22.7 Å². The zero-order chi connectivity index (χ0) is 13.3. The molecule has 18 heavy (non-hydrogen) atoms. The summed E-state index contributed by atoms with van der Waals surface area (Å²) in [6, 6.07) is 0. The summed E-state index contributed by atoms with van der Waals surface area (Å²) in [5.74, 6) is -0.738. The smallest absolute Gasteiger partial charge is 0.373 e. The Bertz CT molecular complexity index is 438. The lowest BCUT2D eigenvalue weighted by molar-refractivity contribution is -0.00230. The Labute approximate surface area is 106 Å². The summed E-state index contributed by atoms with van der Waals surface area (Å²) in [6.45, 7) is 6.44. The molecule has 0 saturated carbocycles. The fourth-order valence-electron chi connectivity index (χ4n) is 2.06. The van der Waals surface area contributed by atoms with Gasteiger partial charge < -0.3 is 14.3 Å². The van der Waals surface area contributed by atoms with E-state index >= 15 is 0 Å². The minimum absolute atomic E-state index is 0.0633. The minimum Gasteiger partial charge on any atom is -0.475 e. The third kappa shape index (κ3) is 2.56. The summed E-state index contributed by atoms with van der Waals surface area (Å²) in [6.07, 6.45) is 2.73. The van der Waals surface area contributed by atoms with Gasteiger partial charge in [0.25, 0.3) is 0 Å². The Morgan fingerprint density at radius 3 is 2.56 bits per heavy atom. The molecule has 1 atom stereocenters. The molecule has 5 nitrogen and oxygen atoms in total. The highest BCUT2D eigenvalue weighted by molar-refractivity contribution is 5.86. The van der Waals surface area contributed by atoms with Crippen LogP contribution in [0.25, 0.3) is 0 Å². The quantitative estimate of drug-likeness (QED) is 0.877. The maximum atomic E-state index is 11.2. The first kappa shape index (κ1) is 13.1. The molecule has 2 heterocycles. The van der Waals surface area contributed by atoms with E-state index in [2.05, 4.69) is 4.98 Å². The Morgan fingerprint density at radius 2 is 2.11 bits per heavy atom. The fourth-order valence-corrected chi connectivity index (χ4v) is 2.06. The SMILES string of the molecule is CC(C)(C)c1nc(C2CCCCO2)oc1C(=O)O. The van der Waals surface area contributed by atoms with Gasteiger partial charge in [-0.05, 0) is 19.3 Å².